The Morgan fingerprint density at radius 2 is 1.78 bits per heavy atom. The molecule has 0 spiro atoms. The van der Waals surface area contributed by atoms with E-state index < -0.39 is 0 Å². The lowest BCUT2D eigenvalue weighted by molar-refractivity contribution is 0.0724. The molecule has 0 bridgehead atoms. The van der Waals surface area contributed by atoms with Crippen molar-refractivity contribution in [3.63, 3.8) is 0 Å². The third-order valence-electron chi connectivity index (χ3n) is 4.06. The average Bonchev–Trinajstić information content (AvgIpc) is 2.61. The van der Waals surface area contributed by atoms with Crippen LogP contribution in [0.4, 0.5) is 0 Å². The maximum atomic E-state index is 12.5. The van der Waals surface area contributed by atoms with Crippen LogP contribution in [-0.2, 0) is 6.61 Å². The Balaban J connectivity index is 1.66. The molecule has 2 aromatic rings. The lowest BCUT2D eigenvalue weighted by Gasteiger charge is -2.26. The number of rotatable bonds is 4. The van der Waals surface area contributed by atoms with E-state index in [4.69, 9.17) is 4.74 Å². The van der Waals surface area contributed by atoms with Gasteiger partial charge in [0.2, 0.25) is 0 Å². The predicted molar refractivity (Wildman–Crippen MR) is 94.7 cm³/mol. The van der Waals surface area contributed by atoms with E-state index in [0.717, 1.165) is 41.7 Å². The molecular formula is C19H20BrNO2. The van der Waals surface area contributed by atoms with Gasteiger partial charge in [0.15, 0.2) is 0 Å². The molecule has 3 nitrogen and oxygen atoms in total. The topological polar surface area (TPSA) is 29.5 Å². The summed E-state index contributed by atoms with van der Waals surface area (Å²) in [5, 5.41) is 0. The Labute approximate surface area is 145 Å². The second-order valence-electron chi connectivity index (χ2n) is 5.77. The highest BCUT2D eigenvalue weighted by atomic mass is 79.9. The molecule has 1 heterocycles. The maximum Gasteiger partial charge on any atom is 0.253 e. The summed E-state index contributed by atoms with van der Waals surface area (Å²) in [5.41, 5.74) is 1.83. The van der Waals surface area contributed by atoms with Gasteiger partial charge < -0.3 is 9.64 Å². The van der Waals surface area contributed by atoms with Crippen LogP contribution in [0.3, 0.4) is 0 Å². The van der Waals surface area contributed by atoms with Crippen molar-refractivity contribution in [2.45, 2.75) is 25.9 Å². The van der Waals surface area contributed by atoms with Crippen LogP contribution in [-0.4, -0.2) is 23.9 Å². The number of amides is 1. The van der Waals surface area contributed by atoms with Crippen LogP contribution in [0.2, 0.25) is 0 Å². The van der Waals surface area contributed by atoms with E-state index in [1.165, 1.54) is 6.42 Å². The number of likely N-dealkylation sites (tertiary alicyclic amines) is 1. The molecule has 0 aliphatic carbocycles. The summed E-state index contributed by atoms with van der Waals surface area (Å²) in [5.74, 6) is 0.865. The Hall–Kier alpha value is -1.81. The summed E-state index contributed by atoms with van der Waals surface area (Å²) in [4.78, 5) is 14.4. The highest BCUT2D eigenvalue weighted by Crippen LogP contribution is 2.27. The fraction of sp³-hybridized carbons (Fsp3) is 0.316. The fourth-order valence-corrected chi connectivity index (χ4v) is 3.26. The molecule has 1 aliphatic heterocycles. The molecular weight excluding hydrogens is 354 g/mol. The second kappa shape index (κ2) is 7.64. The SMILES string of the molecule is O=C(c1ccc(OCc2ccccc2)c(Br)c1)N1CCCCC1. The monoisotopic (exact) mass is 373 g/mol. The highest BCUT2D eigenvalue weighted by molar-refractivity contribution is 9.10. The molecule has 0 saturated carbocycles. The lowest BCUT2D eigenvalue weighted by Crippen LogP contribution is -2.35. The Morgan fingerprint density at radius 3 is 2.48 bits per heavy atom. The first-order valence-corrected chi connectivity index (χ1v) is 8.79. The smallest absolute Gasteiger partial charge is 0.253 e. The third-order valence-corrected chi connectivity index (χ3v) is 4.68. The number of nitrogens with zero attached hydrogens (tertiary/aromatic N) is 1. The molecule has 0 N–H and O–H groups in total. The molecule has 0 atom stereocenters. The van der Waals surface area contributed by atoms with Gasteiger partial charge in [0.05, 0.1) is 4.47 Å². The summed E-state index contributed by atoms with van der Waals surface area (Å²) in [6.45, 7) is 2.24. The molecule has 2 aromatic carbocycles. The summed E-state index contributed by atoms with van der Waals surface area (Å²) in [7, 11) is 0. The van der Waals surface area contributed by atoms with E-state index in [1.807, 2.05) is 53.4 Å². The van der Waals surface area contributed by atoms with Crippen molar-refractivity contribution in [3.8, 4) is 5.75 Å². The van der Waals surface area contributed by atoms with Gasteiger partial charge in [-0.1, -0.05) is 30.3 Å². The van der Waals surface area contributed by atoms with Crippen molar-refractivity contribution in [2.24, 2.45) is 0 Å². The summed E-state index contributed by atoms with van der Waals surface area (Å²) >= 11 is 3.52. The fourth-order valence-electron chi connectivity index (χ4n) is 2.77. The van der Waals surface area contributed by atoms with Crippen molar-refractivity contribution in [1.29, 1.82) is 0 Å². The van der Waals surface area contributed by atoms with E-state index in [-0.39, 0.29) is 5.91 Å². The molecule has 0 unspecified atom stereocenters. The maximum absolute atomic E-state index is 12.5. The van der Waals surface area contributed by atoms with Gasteiger partial charge in [-0.15, -0.1) is 0 Å². The number of halogens is 1. The molecule has 1 amide bonds. The first-order chi connectivity index (χ1) is 11.2. The van der Waals surface area contributed by atoms with Gasteiger partial charge in [-0.2, -0.15) is 0 Å². The number of hydrogen-bond acceptors (Lipinski definition) is 2. The van der Waals surface area contributed by atoms with E-state index in [9.17, 15) is 4.79 Å². The zero-order valence-corrected chi connectivity index (χ0v) is 14.6. The van der Waals surface area contributed by atoms with E-state index in [1.54, 1.807) is 0 Å². The van der Waals surface area contributed by atoms with Gasteiger partial charge in [-0.25, -0.2) is 0 Å². The van der Waals surface area contributed by atoms with Gasteiger partial charge in [-0.05, 0) is 59.0 Å². The van der Waals surface area contributed by atoms with Gasteiger partial charge in [0, 0.05) is 18.7 Å². The van der Waals surface area contributed by atoms with Crippen LogP contribution in [0.1, 0.15) is 35.2 Å². The first kappa shape index (κ1) is 16.1. The number of carbonyl (C=O) groups is 1. The van der Waals surface area contributed by atoms with Crippen molar-refractivity contribution in [2.75, 3.05) is 13.1 Å². The van der Waals surface area contributed by atoms with Crippen LogP contribution in [0, 0.1) is 0 Å². The van der Waals surface area contributed by atoms with Crippen molar-refractivity contribution in [3.05, 3.63) is 64.1 Å². The summed E-state index contributed by atoms with van der Waals surface area (Å²) in [6, 6.07) is 15.6. The van der Waals surface area contributed by atoms with E-state index in [0.29, 0.717) is 12.2 Å². The van der Waals surface area contributed by atoms with Crippen LogP contribution >= 0.6 is 15.9 Å². The van der Waals surface area contributed by atoms with Crippen molar-refractivity contribution < 1.29 is 9.53 Å². The van der Waals surface area contributed by atoms with Gasteiger partial charge in [-0.3, -0.25) is 4.79 Å². The Kier molecular flexibility index (Phi) is 5.34. The summed E-state index contributed by atoms with van der Waals surface area (Å²) in [6.07, 6.45) is 3.43. The molecule has 0 radical (unpaired) electrons. The quantitative estimate of drug-likeness (QED) is 0.780. The minimum absolute atomic E-state index is 0.111. The Bertz CT molecular complexity index is 666. The zero-order chi connectivity index (χ0) is 16.1. The normalized spacial score (nSPS) is 14.6. The van der Waals surface area contributed by atoms with Crippen molar-refractivity contribution >= 4 is 21.8 Å². The number of benzene rings is 2. The molecule has 1 aliphatic rings. The molecule has 4 heteroatoms. The number of carbonyl (C=O) groups excluding carboxylic acids is 1. The number of piperidine rings is 1. The van der Waals surface area contributed by atoms with Crippen LogP contribution in [0.25, 0.3) is 0 Å². The highest BCUT2D eigenvalue weighted by Gasteiger charge is 2.19. The van der Waals surface area contributed by atoms with Crippen molar-refractivity contribution in [1.82, 2.24) is 4.90 Å². The first-order valence-electron chi connectivity index (χ1n) is 7.99. The van der Waals surface area contributed by atoms with E-state index >= 15 is 0 Å². The van der Waals surface area contributed by atoms with E-state index in [2.05, 4.69) is 15.9 Å². The minimum atomic E-state index is 0.111. The molecule has 1 saturated heterocycles. The van der Waals surface area contributed by atoms with Gasteiger partial charge >= 0.3 is 0 Å². The standard InChI is InChI=1S/C19H20BrNO2/c20-17-13-16(19(22)21-11-5-2-6-12-21)9-10-18(17)23-14-15-7-3-1-4-8-15/h1,3-4,7-10,13H,2,5-6,11-12,14H2. The van der Waals surface area contributed by atoms with Gasteiger partial charge in [0.25, 0.3) is 5.91 Å². The molecule has 0 aromatic heterocycles. The molecule has 3 rings (SSSR count). The zero-order valence-electron chi connectivity index (χ0n) is 13.0. The lowest BCUT2D eigenvalue weighted by atomic mass is 10.1. The van der Waals surface area contributed by atoms with Crippen LogP contribution < -0.4 is 4.74 Å². The average molecular weight is 374 g/mol. The predicted octanol–water partition coefficient (Wildman–Crippen LogP) is 4.65. The Morgan fingerprint density at radius 1 is 1.04 bits per heavy atom. The number of ether oxygens (including phenoxy) is 1. The largest absolute Gasteiger partial charge is 0.488 e. The van der Waals surface area contributed by atoms with Crippen LogP contribution in [0.5, 0.6) is 5.75 Å². The van der Waals surface area contributed by atoms with Crippen LogP contribution in [0.15, 0.2) is 53.0 Å². The third kappa shape index (κ3) is 4.14. The summed E-state index contributed by atoms with van der Waals surface area (Å²) < 4.78 is 6.65. The second-order valence-corrected chi connectivity index (χ2v) is 6.63. The molecule has 23 heavy (non-hydrogen) atoms. The molecule has 120 valence electrons. The number of hydrogen-bond donors (Lipinski definition) is 0. The molecule has 1 fully saturated rings. The minimum Gasteiger partial charge on any atom is -0.488 e. The van der Waals surface area contributed by atoms with Gasteiger partial charge in [0.1, 0.15) is 12.4 Å².